The van der Waals surface area contributed by atoms with Crippen LogP contribution in [0.1, 0.15) is 30.0 Å². The number of amides is 1. The van der Waals surface area contributed by atoms with Crippen molar-refractivity contribution in [3.05, 3.63) is 71.8 Å². The average molecular weight is 537 g/mol. The van der Waals surface area contributed by atoms with Crippen molar-refractivity contribution >= 4 is 5.91 Å². The third kappa shape index (κ3) is 7.97. The molecule has 4 rings (SSSR count). The van der Waals surface area contributed by atoms with E-state index in [0.29, 0.717) is 50.0 Å². The number of benzene rings is 2. The smallest absolute Gasteiger partial charge is 0.219 e. The van der Waals surface area contributed by atoms with E-state index < -0.39 is 5.60 Å². The Hall–Kier alpha value is -3.56. The lowest BCUT2D eigenvalue weighted by Gasteiger charge is -2.33. The molecule has 1 aromatic heterocycles. The fourth-order valence-electron chi connectivity index (χ4n) is 4.80. The van der Waals surface area contributed by atoms with Crippen LogP contribution in [0.3, 0.4) is 0 Å². The van der Waals surface area contributed by atoms with E-state index in [4.69, 9.17) is 14.2 Å². The first kappa shape index (κ1) is 28.4. The first-order valence-electron chi connectivity index (χ1n) is 13.4. The first-order valence-corrected chi connectivity index (χ1v) is 13.4. The molecule has 1 N–H and O–H groups in total. The van der Waals surface area contributed by atoms with E-state index in [0.717, 1.165) is 24.1 Å². The van der Waals surface area contributed by atoms with Gasteiger partial charge in [-0.05, 0) is 61.2 Å². The van der Waals surface area contributed by atoms with Crippen LogP contribution < -0.4 is 14.2 Å². The molecule has 1 aliphatic heterocycles. The molecule has 1 amide bonds. The van der Waals surface area contributed by atoms with Gasteiger partial charge in [0.2, 0.25) is 5.91 Å². The van der Waals surface area contributed by atoms with E-state index in [9.17, 15) is 9.90 Å². The van der Waals surface area contributed by atoms with Gasteiger partial charge in [-0.2, -0.15) is 0 Å². The van der Waals surface area contributed by atoms with Gasteiger partial charge in [-0.3, -0.25) is 9.69 Å². The number of hydrogen-bond acceptors (Lipinski definition) is 7. The third-order valence-corrected chi connectivity index (χ3v) is 7.13. The number of imidazole rings is 1. The largest absolute Gasteiger partial charge is 0.493 e. The minimum atomic E-state index is -1.22. The first-order chi connectivity index (χ1) is 18.7. The maximum atomic E-state index is 12.3. The van der Waals surface area contributed by atoms with Crippen molar-refractivity contribution in [2.24, 2.45) is 0 Å². The predicted octanol–water partition coefficient (Wildman–Crippen LogP) is 3.45. The van der Waals surface area contributed by atoms with Gasteiger partial charge in [0.25, 0.3) is 0 Å². The summed E-state index contributed by atoms with van der Waals surface area (Å²) in [5.74, 6) is 2.02. The Kier molecular flexibility index (Phi) is 9.48. The Labute approximate surface area is 230 Å². The monoisotopic (exact) mass is 536 g/mol. The zero-order valence-corrected chi connectivity index (χ0v) is 23.4. The topological polar surface area (TPSA) is 89.3 Å². The minimum absolute atomic E-state index is 0.0581. The van der Waals surface area contributed by atoms with Gasteiger partial charge >= 0.3 is 0 Å². The number of nitrogens with zero attached hydrogens (tertiary/aromatic N) is 4. The number of aliphatic hydroxyl groups is 1. The summed E-state index contributed by atoms with van der Waals surface area (Å²) < 4.78 is 19.7. The zero-order valence-electron chi connectivity index (χ0n) is 23.4. The maximum Gasteiger partial charge on any atom is 0.219 e. The molecule has 0 spiro atoms. The number of aromatic nitrogens is 2. The van der Waals surface area contributed by atoms with Crippen molar-refractivity contribution in [1.29, 1.82) is 0 Å². The number of ether oxygens (including phenoxy) is 3. The molecular weight excluding hydrogens is 496 g/mol. The normalized spacial score (nSPS) is 18.0. The molecule has 0 unspecified atom stereocenters. The summed E-state index contributed by atoms with van der Waals surface area (Å²) in [6.45, 7) is 9.44. The SMILES string of the molecule is COc1ccc(CN2CCN(C(C)=O)C[C@@](O)(COc3ccc(C)c(C)c3)C2)cc1OCCCn1ccnc1. The second-order valence-electron chi connectivity index (χ2n) is 10.4. The van der Waals surface area contributed by atoms with Crippen LogP contribution in [0.2, 0.25) is 0 Å². The molecule has 1 fully saturated rings. The molecule has 0 bridgehead atoms. The fourth-order valence-corrected chi connectivity index (χ4v) is 4.80. The van der Waals surface area contributed by atoms with Crippen molar-refractivity contribution in [2.75, 3.05) is 46.5 Å². The van der Waals surface area contributed by atoms with Crippen LogP contribution in [-0.4, -0.2) is 82.5 Å². The van der Waals surface area contributed by atoms with E-state index in [1.165, 1.54) is 5.56 Å². The summed E-state index contributed by atoms with van der Waals surface area (Å²) in [6, 6.07) is 11.8. The lowest BCUT2D eigenvalue weighted by molar-refractivity contribution is -0.132. The van der Waals surface area contributed by atoms with E-state index >= 15 is 0 Å². The van der Waals surface area contributed by atoms with Crippen LogP contribution in [0, 0.1) is 13.8 Å². The summed E-state index contributed by atoms with van der Waals surface area (Å²) >= 11 is 0. The highest BCUT2D eigenvalue weighted by molar-refractivity contribution is 5.73. The van der Waals surface area contributed by atoms with Gasteiger partial charge in [-0.1, -0.05) is 12.1 Å². The predicted molar refractivity (Wildman–Crippen MR) is 149 cm³/mol. The van der Waals surface area contributed by atoms with Gasteiger partial charge in [-0.25, -0.2) is 4.98 Å². The van der Waals surface area contributed by atoms with Crippen LogP contribution in [0.15, 0.2) is 55.1 Å². The lowest BCUT2D eigenvalue weighted by atomic mass is 10.0. The van der Waals surface area contributed by atoms with Gasteiger partial charge in [0.15, 0.2) is 11.5 Å². The van der Waals surface area contributed by atoms with Crippen molar-refractivity contribution < 1.29 is 24.1 Å². The lowest BCUT2D eigenvalue weighted by Crippen LogP contribution is -2.51. The molecule has 1 aliphatic rings. The number of aryl methyl sites for hydroxylation is 3. The number of carbonyl (C=O) groups is 1. The highest BCUT2D eigenvalue weighted by atomic mass is 16.5. The van der Waals surface area contributed by atoms with Crippen LogP contribution in [0.25, 0.3) is 0 Å². The van der Waals surface area contributed by atoms with Crippen LogP contribution in [0.5, 0.6) is 17.2 Å². The van der Waals surface area contributed by atoms with E-state index in [-0.39, 0.29) is 19.1 Å². The Balaban J connectivity index is 1.42. The second kappa shape index (κ2) is 13.0. The van der Waals surface area contributed by atoms with E-state index in [1.807, 2.05) is 54.1 Å². The molecule has 0 aliphatic carbocycles. The fraction of sp³-hybridized carbons (Fsp3) is 0.467. The van der Waals surface area contributed by atoms with Gasteiger partial charge in [0.05, 0.1) is 26.6 Å². The van der Waals surface area contributed by atoms with Gasteiger partial charge in [0, 0.05) is 52.0 Å². The molecule has 9 nitrogen and oxygen atoms in total. The Morgan fingerprint density at radius 3 is 2.62 bits per heavy atom. The summed E-state index contributed by atoms with van der Waals surface area (Å²) in [4.78, 5) is 20.2. The van der Waals surface area contributed by atoms with Crippen LogP contribution in [-0.2, 0) is 17.9 Å². The zero-order chi connectivity index (χ0) is 27.8. The van der Waals surface area contributed by atoms with Gasteiger partial charge in [0.1, 0.15) is 18.0 Å². The molecular formula is C30H40N4O5. The summed E-state index contributed by atoms with van der Waals surface area (Å²) in [5, 5.41) is 11.7. The number of rotatable bonds is 11. The quantitative estimate of drug-likeness (QED) is 0.376. The summed E-state index contributed by atoms with van der Waals surface area (Å²) in [7, 11) is 1.63. The highest BCUT2D eigenvalue weighted by Crippen LogP contribution is 2.29. The standard InChI is InChI=1S/C30H40N4O5/c1-23-6-8-27(16-24(23)2)39-21-30(36)19-33(13-14-34(20-30)25(3)35)18-26-7-9-28(37-4)29(17-26)38-15-5-11-32-12-10-31-22-32/h6-10,12,16-17,22,36H,5,11,13-15,18-21H2,1-4H3/t30-/m1/s1. The Morgan fingerprint density at radius 2 is 1.90 bits per heavy atom. The van der Waals surface area contributed by atoms with Crippen LogP contribution >= 0.6 is 0 Å². The van der Waals surface area contributed by atoms with Crippen molar-refractivity contribution in [3.8, 4) is 17.2 Å². The molecule has 3 aromatic rings. The molecule has 1 atom stereocenters. The van der Waals surface area contributed by atoms with Crippen molar-refractivity contribution in [2.45, 2.75) is 45.9 Å². The molecule has 2 aromatic carbocycles. The number of carbonyl (C=O) groups excluding carboxylic acids is 1. The van der Waals surface area contributed by atoms with Crippen LogP contribution in [0.4, 0.5) is 0 Å². The number of β-amino-alcohol motifs (C(OH)–C–C–N with tert-alkyl or cyclic N) is 1. The molecule has 39 heavy (non-hydrogen) atoms. The second-order valence-corrected chi connectivity index (χ2v) is 10.4. The minimum Gasteiger partial charge on any atom is -0.493 e. The maximum absolute atomic E-state index is 12.3. The van der Waals surface area contributed by atoms with Crippen molar-refractivity contribution in [3.63, 3.8) is 0 Å². The Morgan fingerprint density at radius 1 is 1.05 bits per heavy atom. The summed E-state index contributed by atoms with van der Waals surface area (Å²) in [6.07, 6.45) is 6.33. The average Bonchev–Trinajstić information content (AvgIpc) is 3.37. The van der Waals surface area contributed by atoms with Gasteiger partial charge in [-0.15, -0.1) is 0 Å². The molecule has 0 radical (unpaired) electrons. The molecule has 9 heteroatoms. The number of hydrogen-bond donors (Lipinski definition) is 1. The van der Waals surface area contributed by atoms with Gasteiger partial charge < -0.3 is 28.8 Å². The van der Waals surface area contributed by atoms with E-state index in [2.05, 4.69) is 16.8 Å². The molecule has 2 heterocycles. The highest BCUT2D eigenvalue weighted by Gasteiger charge is 2.37. The summed E-state index contributed by atoms with van der Waals surface area (Å²) in [5.41, 5.74) is 2.13. The molecule has 1 saturated heterocycles. The van der Waals surface area contributed by atoms with E-state index in [1.54, 1.807) is 31.5 Å². The molecule has 210 valence electrons. The third-order valence-electron chi connectivity index (χ3n) is 7.13. The molecule has 0 saturated carbocycles. The number of methoxy groups -OCH3 is 1. The van der Waals surface area contributed by atoms with Crippen molar-refractivity contribution in [1.82, 2.24) is 19.4 Å². The Bertz CT molecular complexity index is 1230.